The average Bonchev–Trinajstić information content (AvgIpc) is 3.57. The number of anilines is 2. The number of morpholine rings is 1. The molecule has 1 aliphatic carbocycles. The summed E-state index contributed by atoms with van der Waals surface area (Å²) in [5.74, 6) is 0.727. The first-order valence-electron chi connectivity index (χ1n) is 11.6. The van der Waals surface area contributed by atoms with Crippen LogP contribution in [0.4, 0.5) is 16.2 Å². The maximum Gasteiger partial charge on any atom is 0.236 e. The molecular formula is C24H26FN7O2S. The monoisotopic (exact) mass is 495 g/mol. The number of aromatic nitrogens is 4. The van der Waals surface area contributed by atoms with Crippen LogP contribution in [0, 0.1) is 31.0 Å². The molecule has 5 rings (SSSR count). The van der Waals surface area contributed by atoms with E-state index >= 15 is 0 Å². The van der Waals surface area contributed by atoms with Crippen LogP contribution < -0.4 is 10.2 Å². The first kappa shape index (κ1) is 23.4. The van der Waals surface area contributed by atoms with Crippen molar-refractivity contribution in [1.82, 2.24) is 19.3 Å². The predicted octanol–water partition coefficient (Wildman–Crippen LogP) is 3.60. The molecule has 2 fully saturated rings. The number of benzene rings is 1. The molecule has 182 valence electrons. The second-order valence-corrected chi connectivity index (χ2v) is 9.62. The number of nitrogens with zero attached hydrogens (tertiary/aromatic N) is 6. The molecule has 35 heavy (non-hydrogen) atoms. The van der Waals surface area contributed by atoms with Gasteiger partial charge in [-0.15, -0.1) is 10.2 Å². The number of ether oxygens (including phenoxy) is 1. The quantitative estimate of drug-likeness (QED) is 0.500. The number of nitriles is 1. The Labute approximate surface area is 206 Å². The Balaban J connectivity index is 1.35. The fourth-order valence-electron chi connectivity index (χ4n) is 4.27. The summed E-state index contributed by atoms with van der Waals surface area (Å²) < 4.78 is 22.9. The largest absolute Gasteiger partial charge is 0.378 e. The Bertz CT molecular complexity index is 1280. The molecule has 1 amide bonds. The molecule has 0 radical (unpaired) electrons. The average molecular weight is 496 g/mol. The second-order valence-electron chi connectivity index (χ2n) is 8.68. The molecule has 0 atom stereocenters. The molecule has 1 aliphatic heterocycles. The van der Waals surface area contributed by atoms with Crippen LogP contribution in [0.3, 0.4) is 0 Å². The Morgan fingerprint density at radius 3 is 2.60 bits per heavy atom. The van der Waals surface area contributed by atoms with Crippen LogP contribution >= 0.6 is 11.8 Å². The summed E-state index contributed by atoms with van der Waals surface area (Å²) in [7, 11) is 0. The van der Waals surface area contributed by atoms with Crippen molar-refractivity contribution >= 4 is 29.4 Å². The minimum absolute atomic E-state index is 0.117. The van der Waals surface area contributed by atoms with Gasteiger partial charge in [-0.25, -0.2) is 4.39 Å². The third-order valence-electron chi connectivity index (χ3n) is 6.35. The van der Waals surface area contributed by atoms with Crippen LogP contribution in [0.2, 0.25) is 0 Å². The molecule has 0 unspecified atom stereocenters. The van der Waals surface area contributed by atoms with Gasteiger partial charge in [-0.3, -0.25) is 13.9 Å². The normalized spacial score (nSPS) is 15.8. The Kier molecular flexibility index (Phi) is 6.49. The zero-order valence-corrected chi connectivity index (χ0v) is 20.4. The van der Waals surface area contributed by atoms with Gasteiger partial charge in [0.2, 0.25) is 11.9 Å². The van der Waals surface area contributed by atoms with Gasteiger partial charge in [0.1, 0.15) is 17.7 Å². The van der Waals surface area contributed by atoms with Crippen molar-refractivity contribution in [1.29, 1.82) is 5.26 Å². The Morgan fingerprint density at radius 1 is 1.23 bits per heavy atom. The topological polar surface area (TPSA) is 101 Å². The number of carbonyl (C=O) groups is 1. The van der Waals surface area contributed by atoms with Crippen molar-refractivity contribution in [2.24, 2.45) is 0 Å². The van der Waals surface area contributed by atoms with Crippen molar-refractivity contribution in [3.63, 3.8) is 0 Å². The van der Waals surface area contributed by atoms with Crippen molar-refractivity contribution < 1.29 is 13.9 Å². The first-order valence-corrected chi connectivity index (χ1v) is 12.5. The second kappa shape index (κ2) is 9.71. The number of halogens is 1. The first-order chi connectivity index (χ1) is 17.0. The van der Waals surface area contributed by atoms with Crippen molar-refractivity contribution in [3.05, 3.63) is 46.9 Å². The molecule has 0 spiro atoms. The number of thioether (sulfide) groups is 1. The highest BCUT2D eigenvalue weighted by Crippen LogP contribution is 2.41. The summed E-state index contributed by atoms with van der Waals surface area (Å²) >= 11 is 1.33. The highest BCUT2D eigenvalue weighted by atomic mass is 32.2. The van der Waals surface area contributed by atoms with Gasteiger partial charge in [0.15, 0.2) is 5.16 Å². The molecule has 1 saturated heterocycles. The highest BCUT2D eigenvalue weighted by molar-refractivity contribution is 7.99. The summed E-state index contributed by atoms with van der Waals surface area (Å²) in [6.07, 6.45) is 2.15. The smallest absolute Gasteiger partial charge is 0.236 e. The molecule has 9 nitrogen and oxygen atoms in total. The maximum absolute atomic E-state index is 13.5. The number of hydrogen-bond donors (Lipinski definition) is 1. The van der Waals surface area contributed by atoms with Crippen molar-refractivity contribution in [2.45, 2.75) is 37.9 Å². The molecule has 1 aromatic carbocycles. The lowest BCUT2D eigenvalue weighted by molar-refractivity contribution is -0.113. The molecule has 2 aromatic heterocycles. The molecule has 3 heterocycles. The molecular weight excluding hydrogens is 469 g/mol. The van der Waals surface area contributed by atoms with Crippen LogP contribution in [0.15, 0.2) is 29.4 Å². The fraction of sp³-hybridized carbons (Fsp3) is 0.417. The van der Waals surface area contributed by atoms with Crippen molar-refractivity contribution in [2.75, 3.05) is 42.3 Å². The van der Waals surface area contributed by atoms with E-state index in [1.165, 1.54) is 23.9 Å². The van der Waals surface area contributed by atoms with E-state index in [2.05, 4.69) is 31.1 Å². The van der Waals surface area contributed by atoms with E-state index in [1.54, 1.807) is 16.7 Å². The van der Waals surface area contributed by atoms with Crippen LogP contribution in [0.1, 0.15) is 35.7 Å². The van der Waals surface area contributed by atoms with E-state index in [0.29, 0.717) is 41.5 Å². The minimum atomic E-state index is -0.353. The fourth-order valence-corrected chi connectivity index (χ4v) is 5.07. The predicted molar refractivity (Wildman–Crippen MR) is 131 cm³/mol. The van der Waals surface area contributed by atoms with E-state index in [4.69, 9.17) is 4.74 Å². The van der Waals surface area contributed by atoms with Gasteiger partial charge in [0.25, 0.3) is 0 Å². The molecule has 1 N–H and O–H groups in total. The number of amides is 1. The lowest BCUT2D eigenvalue weighted by Gasteiger charge is -2.27. The zero-order valence-electron chi connectivity index (χ0n) is 19.6. The van der Waals surface area contributed by atoms with E-state index in [9.17, 15) is 14.4 Å². The van der Waals surface area contributed by atoms with Crippen LogP contribution in [0.25, 0.3) is 5.69 Å². The van der Waals surface area contributed by atoms with E-state index in [0.717, 1.165) is 43.1 Å². The maximum atomic E-state index is 13.5. The van der Waals surface area contributed by atoms with Gasteiger partial charge < -0.3 is 15.0 Å². The number of rotatable bonds is 7. The van der Waals surface area contributed by atoms with Gasteiger partial charge in [0.05, 0.1) is 24.5 Å². The van der Waals surface area contributed by atoms with Gasteiger partial charge in [-0.1, -0.05) is 11.8 Å². The van der Waals surface area contributed by atoms with E-state index in [1.807, 2.05) is 13.8 Å². The third-order valence-corrected chi connectivity index (χ3v) is 7.30. The summed E-state index contributed by atoms with van der Waals surface area (Å²) in [6.45, 7) is 6.57. The molecule has 0 bridgehead atoms. The lowest BCUT2D eigenvalue weighted by Crippen LogP contribution is -2.38. The molecule has 2 aliphatic rings. The van der Waals surface area contributed by atoms with Crippen LogP contribution in [-0.2, 0) is 9.53 Å². The molecule has 3 aromatic rings. The van der Waals surface area contributed by atoms with Gasteiger partial charge in [-0.2, -0.15) is 5.26 Å². The summed E-state index contributed by atoms with van der Waals surface area (Å²) in [5, 5.41) is 22.2. The van der Waals surface area contributed by atoms with E-state index < -0.39 is 0 Å². The summed E-state index contributed by atoms with van der Waals surface area (Å²) in [4.78, 5) is 15.2. The van der Waals surface area contributed by atoms with Gasteiger partial charge in [-0.05, 0) is 56.5 Å². The van der Waals surface area contributed by atoms with Crippen LogP contribution in [-0.4, -0.2) is 57.3 Å². The minimum Gasteiger partial charge on any atom is -0.378 e. The Morgan fingerprint density at radius 2 is 1.94 bits per heavy atom. The summed E-state index contributed by atoms with van der Waals surface area (Å²) in [6, 6.07) is 8.52. The van der Waals surface area contributed by atoms with Gasteiger partial charge >= 0.3 is 0 Å². The van der Waals surface area contributed by atoms with Crippen LogP contribution in [0.5, 0.6) is 0 Å². The van der Waals surface area contributed by atoms with Crippen molar-refractivity contribution in [3.8, 4) is 11.8 Å². The number of hydrogen-bond acceptors (Lipinski definition) is 7. The molecule has 1 saturated carbocycles. The number of nitrogens with one attached hydrogen (secondary N) is 1. The van der Waals surface area contributed by atoms with Gasteiger partial charge in [0, 0.05) is 30.5 Å². The lowest BCUT2D eigenvalue weighted by atomic mass is 10.2. The molecule has 11 heteroatoms. The summed E-state index contributed by atoms with van der Waals surface area (Å²) in [5.41, 5.74) is 2.63. The third kappa shape index (κ3) is 4.63. The standard InChI is InChI=1S/C24H26FN7O2S/c1-15-16(2)31(18-5-3-17(25)4-6-18)22(20(15)13-26)27-21(33)14-35-24-29-28-23(32(24)19-7-8-19)30-9-11-34-12-10-30/h3-6,19H,7-12,14H2,1-2H3,(H,27,33). The van der Waals surface area contributed by atoms with E-state index in [-0.39, 0.29) is 17.5 Å². The highest BCUT2D eigenvalue weighted by Gasteiger charge is 2.32. The number of carbonyl (C=O) groups excluding carboxylic acids is 1. The Hall–Kier alpha value is -3.36. The SMILES string of the molecule is Cc1c(C#N)c(NC(=O)CSc2nnc(N3CCOCC3)n2C2CC2)n(-c2ccc(F)cc2)c1C. The zero-order chi connectivity index (χ0) is 24.5.